The highest BCUT2D eigenvalue weighted by molar-refractivity contribution is 6.09. The standard InChI is InChI=1S/C22H24FN5O/c1-15-20(16(2)28(3)27-15)12-13-24-22(25-19-11-7-10-18(23)14-19)26-21(29)17-8-5-4-6-9-17/h4-11,14H,12-13H2,1-3H3,(H2,24,25,26,29). The van der Waals surface area contributed by atoms with Crippen LogP contribution in [-0.2, 0) is 13.5 Å². The third kappa shape index (κ3) is 5.28. The second-order valence-electron chi connectivity index (χ2n) is 6.71. The second kappa shape index (κ2) is 9.14. The SMILES string of the molecule is Cc1nn(C)c(C)c1CCN=C(NC(=O)c1ccccc1)Nc1cccc(F)c1. The molecule has 29 heavy (non-hydrogen) atoms. The normalized spacial score (nSPS) is 11.4. The summed E-state index contributed by atoms with van der Waals surface area (Å²) in [6.07, 6.45) is 0.682. The van der Waals surface area contributed by atoms with E-state index in [0.29, 0.717) is 24.2 Å². The minimum atomic E-state index is -0.370. The van der Waals surface area contributed by atoms with Crippen LogP contribution in [0.15, 0.2) is 59.6 Å². The van der Waals surface area contributed by atoms with Gasteiger partial charge in [-0.1, -0.05) is 24.3 Å². The number of anilines is 1. The molecule has 0 aliphatic carbocycles. The number of guanidine groups is 1. The Morgan fingerprint density at radius 1 is 1.14 bits per heavy atom. The summed E-state index contributed by atoms with van der Waals surface area (Å²) in [7, 11) is 1.91. The van der Waals surface area contributed by atoms with Gasteiger partial charge >= 0.3 is 0 Å². The Hall–Kier alpha value is -3.48. The van der Waals surface area contributed by atoms with Crippen LogP contribution in [0, 0.1) is 19.7 Å². The number of hydrogen-bond acceptors (Lipinski definition) is 3. The van der Waals surface area contributed by atoms with Gasteiger partial charge in [0, 0.05) is 30.5 Å². The van der Waals surface area contributed by atoms with Crippen molar-refractivity contribution in [3.05, 3.63) is 82.9 Å². The number of aliphatic imine (C=N–C) groups is 1. The number of carbonyl (C=O) groups is 1. The molecule has 150 valence electrons. The fraction of sp³-hybridized carbons (Fsp3) is 0.227. The molecule has 0 bridgehead atoms. The van der Waals surface area contributed by atoms with Crippen molar-refractivity contribution in [3.63, 3.8) is 0 Å². The fourth-order valence-electron chi connectivity index (χ4n) is 3.04. The minimum Gasteiger partial charge on any atom is -0.326 e. The maximum Gasteiger partial charge on any atom is 0.257 e. The van der Waals surface area contributed by atoms with Gasteiger partial charge in [-0.25, -0.2) is 4.39 Å². The van der Waals surface area contributed by atoms with Crippen molar-refractivity contribution in [3.8, 4) is 0 Å². The van der Waals surface area contributed by atoms with Gasteiger partial charge in [-0.2, -0.15) is 5.10 Å². The van der Waals surface area contributed by atoms with Crippen LogP contribution in [0.2, 0.25) is 0 Å². The van der Waals surface area contributed by atoms with Gasteiger partial charge < -0.3 is 5.32 Å². The molecule has 0 saturated carbocycles. The van der Waals surface area contributed by atoms with Crippen LogP contribution < -0.4 is 10.6 Å². The first-order valence-electron chi connectivity index (χ1n) is 9.36. The smallest absolute Gasteiger partial charge is 0.257 e. The molecular weight excluding hydrogens is 369 g/mol. The predicted octanol–water partition coefficient (Wildman–Crippen LogP) is 3.62. The Bertz CT molecular complexity index is 1030. The van der Waals surface area contributed by atoms with Crippen molar-refractivity contribution in [1.82, 2.24) is 15.1 Å². The first kappa shape index (κ1) is 20.3. The average Bonchev–Trinajstić information content (AvgIpc) is 2.94. The Morgan fingerprint density at radius 2 is 1.90 bits per heavy atom. The Morgan fingerprint density at radius 3 is 2.55 bits per heavy atom. The third-order valence-electron chi connectivity index (χ3n) is 4.65. The zero-order valence-electron chi connectivity index (χ0n) is 16.7. The molecule has 0 radical (unpaired) electrons. The number of nitrogens with one attached hydrogen (secondary N) is 2. The van der Waals surface area contributed by atoms with Crippen molar-refractivity contribution >= 4 is 17.6 Å². The number of aryl methyl sites for hydroxylation is 2. The topological polar surface area (TPSA) is 71.3 Å². The first-order valence-corrected chi connectivity index (χ1v) is 9.36. The number of halogens is 1. The molecule has 7 heteroatoms. The Kier molecular flexibility index (Phi) is 6.39. The van der Waals surface area contributed by atoms with Gasteiger partial charge in [-0.05, 0) is 56.2 Å². The zero-order valence-corrected chi connectivity index (χ0v) is 16.7. The molecule has 6 nitrogen and oxygen atoms in total. The molecule has 1 aromatic heterocycles. The van der Waals surface area contributed by atoms with Crippen LogP contribution in [-0.4, -0.2) is 28.2 Å². The van der Waals surface area contributed by atoms with E-state index in [1.807, 2.05) is 31.6 Å². The van der Waals surface area contributed by atoms with Gasteiger partial charge in [0.2, 0.25) is 5.96 Å². The van der Waals surface area contributed by atoms with Gasteiger partial charge in [-0.15, -0.1) is 0 Å². The van der Waals surface area contributed by atoms with Crippen molar-refractivity contribution < 1.29 is 9.18 Å². The summed E-state index contributed by atoms with van der Waals surface area (Å²) in [6, 6.07) is 14.9. The molecule has 3 aromatic rings. The summed E-state index contributed by atoms with van der Waals surface area (Å²) in [5, 5.41) is 10.2. The molecule has 0 spiro atoms. The summed E-state index contributed by atoms with van der Waals surface area (Å²) in [6.45, 7) is 4.43. The van der Waals surface area contributed by atoms with Crippen molar-refractivity contribution in [2.75, 3.05) is 11.9 Å². The van der Waals surface area contributed by atoms with Crippen LogP contribution in [0.4, 0.5) is 10.1 Å². The predicted molar refractivity (Wildman–Crippen MR) is 113 cm³/mol. The van der Waals surface area contributed by atoms with E-state index in [1.54, 1.807) is 36.4 Å². The van der Waals surface area contributed by atoms with E-state index in [-0.39, 0.29) is 17.7 Å². The molecule has 2 aromatic carbocycles. The third-order valence-corrected chi connectivity index (χ3v) is 4.65. The number of carbonyl (C=O) groups excluding carboxylic acids is 1. The van der Waals surface area contributed by atoms with Crippen LogP contribution in [0.5, 0.6) is 0 Å². The summed E-state index contributed by atoms with van der Waals surface area (Å²) in [4.78, 5) is 17.1. The van der Waals surface area contributed by atoms with E-state index < -0.39 is 0 Å². The lowest BCUT2D eigenvalue weighted by Crippen LogP contribution is -2.36. The van der Waals surface area contributed by atoms with Crippen molar-refractivity contribution in [1.29, 1.82) is 0 Å². The molecule has 1 amide bonds. The summed E-state index contributed by atoms with van der Waals surface area (Å²) >= 11 is 0. The van der Waals surface area contributed by atoms with Crippen molar-refractivity contribution in [2.45, 2.75) is 20.3 Å². The fourth-order valence-corrected chi connectivity index (χ4v) is 3.04. The first-order chi connectivity index (χ1) is 13.9. The molecule has 0 saturated heterocycles. The summed E-state index contributed by atoms with van der Waals surface area (Å²) in [5.41, 5.74) is 4.21. The lowest BCUT2D eigenvalue weighted by atomic mass is 10.1. The number of aromatic nitrogens is 2. The molecule has 3 rings (SSSR count). The number of nitrogens with zero attached hydrogens (tertiary/aromatic N) is 3. The lowest BCUT2D eigenvalue weighted by molar-refractivity contribution is 0.0977. The van der Waals surface area contributed by atoms with E-state index in [0.717, 1.165) is 17.0 Å². The van der Waals surface area contributed by atoms with Gasteiger partial charge in [0.25, 0.3) is 5.91 Å². The highest BCUT2D eigenvalue weighted by Gasteiger charge is 2.11. The number of amides is 1. The van der Waals surface area contributed by atoms with Gasteiger partial charge in [-0.3, -0.25) is 19.8 Å². The zero-order chi connectivity index (χ0) is 20.8. The van der Waals surface area contributed by atoms with Crippen LogP contribution in [0.3, 0.4) is 0 Å². The van der Waals surface area contributed by atoms with E-state index in [4.69, 9.17) is 0 Å². The van der Waals surface area contributed by atoms with Crippen LogP contribution >= 0.6 is 0 Å². The second-order valence-corrected chi connectivity index (χ2v) is 6.71. The lowest BCUT2D eigenvalue weighted by Gasteiger charge is -2.12. The Labute approximate surface area is 169 Å². The minimum absolute atomic E-state index is 0.267. The van der Waals surface area contributed by atoms with Gasteiger partial charge in [0.1, 0.15) is 5.82 Å². The van der Waals surface area contributed by atoms with Gasteiger partial charge in [0.05, 0.1) is 5.69 Å². The summed E-state index contributed by atoms with van der Waals surface area (Å²) < 4.78 is 15.4. The maximum absolute atomic E-state index is 13.5. The van der Waals surface area contributed by atoms with Crippen LogP contribution in [0.1, 0.15) is 27.3 Å². The molecule has 0 fully saturated rings. The molecule has 0 unspecified atom stereocenters. The molecular formula is C22H24FN5O. The monoisotopic (exact) mass is 393 g/mol. The number of rotatable bonds is 5. The molecule has 0 atom stereocenters. The van der Waals surface area contributed by atoms with E-state index in [2.05, 4.69) is 20.7 Å². The maximum atomic E-state index is 13.5. The van der Waals surface area contributed by atoms with E-state index >= 15 is 0 Å². The molecule has 2 N–H and O–H groups in total. The van der Waals surface area contributed by atoms with Gasteiger partial charge in [0.15, 0.2) is 0 Å². The summed E-state index contributed by atoms with van der Waals surface area (Å²) in [5.74, 6) is -0.393. The molecule has 1 heterocycles. The highest BCUT2D eigenvalue weighted by Crippen LogP contribution is 2.13. The molecule has 0 aliphatic rings. The molecule has 0 aliphatic heterocycles. The quantitative estimate of drug-likeness (QED) is 0.514. The average molecular weight is 393 g/mol. The Balaban J connectivity index is 1.77. The largest absolute Gasteiger partial charge is 0.326 e. The van der Waals surface area contributed by atoms with Crippen molar-refractivity contribution in [2.24, 2.45) is 12.0 Å². The number of benzene rings is 2. The number of hydrogen-bond donors (Lipinski definition) is 2. The van der Waals surface area contributed by atoms with E-state index in [1.165, 1.54) is 12.1 Å². The highest BCUT2D eigenvalue weighted by atomic mass is 19.1. The van der Waals surface area contributed by atoms with Crippen LogP contribution in [0.25, 0.3) is 0 Å². The van der Waals surface area contributed by atoms with E-state index in [9.17, 15) is 9.18 Å².